The minimum absolute atomic E-state index is 0.0557. The first kappa shape index (κ1) is 19.7. The fourth-order valence-electron chi connectivity index (χ4n) is 2.38. The molecule has 1 atom stereocenters. The Morgan fingerprint density at radius 3 is 2.46 bits per heavy atom. The number of amides is 1. The first-order valence-corrected chi connectivity index (χ1v) is 8.27. The highest BCUT2D eigenvalue weighted by atomic mass is 35.5. The van der Waals surface area contributed by atoms with Crippen molar-refractivity contribution in [3.05, 3.63) is 64.4 Å². The van der Waals surface area contributed by atoms with Gasteiger partial charge in [0.25, 0.3) is 0 Å². The number of esters is 1. The van der Waals surface area contributed by atoms with Crippen molar-refractivity contribution in [1.82, 2.24) is 5.32 Å². The smallest absolute Gasteiger partial charge is 0.308 e. The zero-order valence-corrected chi connectivity index (χ0v) is 15.2. The second-order valence-corrected chi connectivity index (χ2v) is 6.07. The third-order valence-electron chi connectivity index (χ3n) is 3.64. The lowest BCUT2D eigenvalue weighted by atomic mass is 10.0. The Balaban J connectivity index is 1.99. The molecule has 1 N–H and O–H groups in total. The van der Waals surface area contributed by atoms with E-state index < -0.39 is 17.8 Å². The van der Waals surface area contributed by atoms with Crippen LogP contribution in [0, 0.1) is 5.82 Å². The maximum Gasteiger partial charge on any atom is 0.308 e. The molecule has 0 saturated heterocycles. The molecule has 0 aromatic heterocycles. The van der Waals surface area contributed by atoms with Crippen LogP contribution in [0.5, 0.6) is 5.75 Å². The lowest BCUT2D eigenvalue weighted by Gasteiger charge is -2.18. The number of nitrogens with one attached hydrogen (secondary N) is 1. The molecular formula is C19H19ClFNO4. The van der Waals surface area contributed by atoms with Crippen LogP contribution in [-0.4, -0.2) is 19.0 Å². The predicted molar refractivity (Wildman–Crippen MR) is 95.4 cm³/mol. The van der Waals surface area contributed by atoms with Gasteiger partial charge in [0, 0.05) is 11.9 Å². The van der Waals surface area contributed by atoms with Crippen molar-refractivity contribution < 1.29 is 23.5 Å². The highest BCUT2D eigenvalue weighted by Gasteiger charge is 2.18. The Morgan fingerprint density at radius 1 is 1.19 bits per heavy atom. The van der Waals surface area contributed by atoms with Gasteiger partial charge < -0.3 is 14.8 Å². The van der Waals surface area contributed by atoms with Gasteiger partial charge in [0.1, 0.15) is 6.61 Å². The van der Waals surface area contributed by atoms with Crippen LogP contribution in [-0.2, 0) is 20.9 Å². The Kier molecular flexibility index (Phi) is 6.97. The summed E-state index contributed by atoms with van der Waals surface area (Å²) in [4.78, 5) is 23.5. The molecule has 138 valence electrons. The van der Waals surface area contributed by atoms with Gasteiger partial charge in [-0.2, -0.15) is 0 Å². The Morgan fingerprint density at radius 2 is 1.88 bits per heavy atom. The number of ether oxygens (including phenoxy) is 2. The molecule has 0 fully saturated rings. The second kappa shape index (κ2) is 9.20. The topological polar surface area (TPSA) is 64.6 Å². The number of methoxy groups -OCH3 is 1. The summed E-state index contributed by atoms with van der Waals surface area (Å²) in [7, 11) is 1.37. The van der Waals surface area contributed by atoms with Crippen LogP contribution in [0.15, 0.2) is 42.5 Å². The SMILES string of the molecule is COc1ccc(COC(=O)CC(NC(C)=O)c2ccc(Cl)cc2)cc1F. The van der Waals surface area contributed by atoms with Gasteiger partial charge >= 0.3 is 5.97 Å². The molecule has 1 amide bonds. The zero-order chi connectivity index (χ0) is 19.1. The number of hydrogen-bond donors (Lipinski definition) is 1. The van der Waals surface area contributed by atoms with Gasteiger partial charge in [-0.05, 0) is 35.4 Å². The quantitative estimate of drug-likeness (QED) is 0.743. The normalized spacial score (nSPS) is 11.5. The molecule has 0 bridgehead atoms. The van der Waals surface area contributed by atoms with E-state index >= 15 is 0 Å². The molecule has 0 saturated carbocycles. The molecule has 0 spiro atoms. The van der Waals surface area contributed by atoms with Crippen LogP contribution < -0.4 is 10.1 Å². The summed E-state index contributed by atoms with van der Waals surface area (Å²) < 4.78 is 23.7. The summed E-state index contributed by atoms with van der Waals surface area (Å²) >= 11 is 5.86. The van der Waals surface area contributed by atoms with E-state index in [0.29, 0.717) is 10.6 Å². The maximum absolute atomic E-state index is 13.7. The number of rotatable bonds is 7. The van der Waals surface area contributed by atoms with Gasteiger partial charge in [0.2, 0.25) is 5.91 Å². The van der Waals surface area contributed by atoms with E-state index in [2.05, 4.69) is 5.32 Å². The highest BCUT2D eigenvalue weighted by Crippen LogP contribution is 2.21. The van der Waals surface area contributed by atoms with Crippen LogP contribution in [0.2, 0.25) is 5.02 Å². The molecule has 0 radical (unpaired) electrons. The van der Waals surface area contributed by atoms with Crippen LogP contribution in [0.1, 0.15) is 30.5 Å². The molecule has 2 aromatic carbocycles. The predicted octanol–water partition coefficient (Wildman–Crippen LogP) is 3.80. The summed E-state index contributed by atoms with van der Waals surface area (Å²) in [6.45, 7) is 1.29. The Bertz CT molecular complexity index is 780. The highest BCUT2D eigenvalue weighted by molar-refractivity contribution is 6.30. The largest absolute Gasteiger partial charge is 0.494 e. The van der Waals surface area contributed by atoms with E-state index in [0.717, 1.165) is 5.56 Å². The lowest BCUT2D eigenvalue weighted by molar-refractivity contribution is -0.145. The maximum atomic E-state index is 13.7. The van der Waals surface area contributed by atoms with E-state index in [-0.39, 0.29) is 24.7 Å². The number of benzene rings is 2. The van der Waals surface area contributed by atoms with Gasteiger partial charge in [0.15, 0.2) is 11.6 Å². The van der Waals surface area contributed by atoms with Crippen molar-refractivity contribution >= 4 is 23.5 Å². The molecule has 0 aliphatic heterocycles. The number of halogens is 2. The van der Waals surface area contributed by atoms with E-state index in [9.17, 15) is 14.0 Å². The molecule has 0 aliphatic carbocycles. The third kappa shape index (κ3) is 5.74. The van der Waals surface area contributed by atoms with E-state index in [4.69, 9.17) is 21.1 Å². The molecule has 1 unspecified atom stereocenters. The van der Waals surface area contributed by atoms with Gasteiger partial charge in [-0.1, -0.05) is 29.8 Å². The van der Waals surface area contributed by atoms with E-state index in [1.165, 1.54) is 26.2 Å². The van der Waals surface area contributed by atoms with E-state index in [1.807, 2.05) is 0 Å². The molecule has 0 aliphatic rings. The van der Waals surface area contributed by atoms with Crippen molar-refractivity contribution in [2.24, 2.45) is 0 Å². The van der Waals surface area contributed by atoms with Crippen molar-refractivity contribution in [3.63, 3.8) is 0 Å². The van der Waals surface area contributed by atoms with Gasteiger partial charge in [0.05, 0.1) is 19.6 Å². The van der Waals surface area contributed by atoms with Crippen LogP contribution in [0.25, 0.3) is 0 Å². The number of carbonyl (C=O) groups excluding carboxylic acids is 2. The first-order valence-electron chi connectivity index (χ1n) is 7.89. The molecule has 0 heterocycles. The minimum Gasteiger partial charge on any atom is -0.494 e. The van der Waals surface area contributed by atoms with Crippen LogP contribution in [0.4, 0.5) is 4.39 Å². The third-order valence-corrected chi connectivity index (χ3v) is 3.89. The summed E-state index contributed by atoms with van der Waals surface area (Å²) in [6.07, 6.45) is -0.0557. The van der Waals surface area contributed by atoms with Gasteiger partial charge in [-0.25, -0.2) is 4.39 Å². The summed E-state index contributed by atoms with van der Waals surface area (Å²) in [5, 5.41) is 3.26. The molecule has 26 heavy (non-hydrogen) atoms. The molecule has 5 nitrogen and oxygen atoms in total. The molecule has 2 aromatic rings. The lowest BCUT2D eigenvalue weighted by Crippen LogP contribution is -2.28. The summed E-state index contributed by atoms with van der Waals surface area (Å²) in [5.41, 5.74) is 1.23. The summed E-state index contributed by atoms with van der Waals surface area (Å²) in [5.74, 6) is -1.20. The van der Waals surface area contributed by atoms with Gasteiger partial charge in [-0.3, -0.25) is 9.59 Å². The fraction of sp³-hybridized carbons (Fsp3) is 0.263. The standard InChI is InChI=1S/C19H19ClFNO4/c1-12(23)22-17(14-4-6-15(20)7-5-14)10-19(24)26-11-13-3-8-18(25-2)16(21)9-13/h3-9,17H,10-11H2,1-2H3,(H,22,23). The molecular weight excluding hydrogens is 361 g/mol. The van der Waals surface area contributed by atoms with Crippen molar-refractivity contribution in [3.8, 4) is 5.75 Å². The van der Waals surface area contributed by atoms with Crippen molar-refractivity contribution in [2.45, 2.75) is 26.0 Å². The fourth-order valence-corrected chi connectivity index (χ4v) is 2.51. The number of hydrogen-bond acceptors (Lipinski definition) is 4. The molecule has 2 rings (SSSR count). The van der Waals surface area contributed by atoms with E-state index in [1.54, 1.807) is 30.3 Å². The zero-order valence-electron chi connectivity index (χ0n) is 14.4. The number of carbonyl (C=O) groups is 2. The van der Waals surface area contributed by atoms with Crippen molar-refractivity contribution in [1.29, 1.82) is 0 Å². The first-order chi connectivity index (χ1) is 12.4. The summed E-state index contributed by atoms with van der Waals surface area (Å²) in [6, 6.07) is 10.6. The Labute approximate surface area is 156 Å². The van der Waals surface area contributed by atoms with Crippen LogP contribution in [0.3, 0.4) is 0 Å². The van der Waals surface area contributed by atoms with Crippen LogP contribution >= 0.6 is 11.6 Å². The Hall–Kier alpha value is -2.60. The average Bonchev–Trinajstić information content (AvgIpc) is 2.60. The molecule has 7 heteroatoms. The monoisotopic (exact) mass is 379 g/mol. The van der Waals surface area contributed by atoms with Crippen molar-refractivity contribution in [2.75, 3.05) is 7.11 Å². The van der Waals surface area contributed by atoms with Gasteiger partial charge in [-0.15, -0.1) is 0 Å². The second-order valence-electron chi connectivity index (χ2n) is 5.64. The average molecular weight is 380 g/mol. The minimum atomic E-state index is -0.537.